The Morgan fingerprint density at radius 1 is 1.36 bits per heavy atom. The molecule has 2 aromatic rings. The summed E-state index contributed by atoms with van der Waals surface area (Å²) >= 11 is 0. The van der Waals surface area contributed by atoms with Crippen molar-refractivity contribution in [1.29, 1.82) is 0 Å². The highest BCUT2D eigenvalue weighted by Gasteiger charge is 2.28. The molecule has 1 aromatic heterocycles. The van der Waals surface area contributed by atoms with Crippen molar-refractivity contribution < 1.29 is 9.13 Å². The molecular weight excluding hydrogens is 359 g/mol. The first-order chi connectivity index (χ1) is 13.5. The molecule has 150 valence electrons. The Morgan fingerprint density at radius 3 is 2.75 bits per heavy atom. The summed E-state index contributed by atoms with van der Waals surface area (Å²) in [5, 5.41) is 11.6. The summed E-state index contributed by atoms with van der Waals surface area (Å²) in [7, 11) is 1.93. The standard InChI is InChI=1S/C20H27FN6O/c1-5-10-22-20(23-11-19-25-24-15(3)26(19)4)27-12-14(2)28-18(13-27)16-6-8-17(21)9-7-16/h5-9,14,18H,1,10-13H2,2-4H3,(H,22,23). The maximum absolute atomic E-state index is 13.3. The van der Waals surface area contributed by atoms with Gasteiger partial charge in [-0.2, -0.15) is 0 Å². The molecule has 1 aliphatic rings. The lowest BCUT2D eigenvalue weighted by atomic mass is 10.1. The Hall–Kier alpha value is -2.74. The maximum atomic E-state index is 13.3. The summed E-state index contributed by atoms with van der Waals surface area (Å²) in [6.45, 7) is 10.1. The number of halogens is 1. The summed E-state index contributed by atoms with van der Waals surface area (Å²) in [6, 6.07) is 6.46. The van der Waals surface area contributed by atoms with Gasteiger partial charge in [0.2, 0.25) is 0 Å². The number of nitrogens with zero attached hydrogens (tertiary/aromatic N) is 5. The Bertz CT molecular complexity index is 832. The normalized spacial score (nSPS) is 20.3. The number of nitrogens with one attached hydrogen (secondary N) is 1. The molecule has 0 saturated carbocycles. The van der Waals surface area contributed by atoms with Crippen molar-refractivity contribution in [3.05, 3.63) is 59.9 Å². The van der Waals surface area contributed by atoms with Crippen LogP contribution in [-0.2, 0) is 18.3 Å². The average molecular weight is 386 g/mol. The summed E-state index contributed by atoms with van der Waals surface area (Å²) in [5.41, 5.74) is 0.949. The van der Waals surface area contributed by atoms with E-state index in [-0.39, 0.29) is 18.0 Å². The third-order valence-corrected chi connectivity index (χ3v) is 4.76. The minimum absolute atomic E-state index is 0.0107. The quantitative estimate of drug-likeness (QED) is 0.485. The predicted molar refractivity (Wildman–Crippen MR) is 106 cm³/mol. The van der Waals surface area contributed by atoms with E-state index in [1.807, 2.05) is 25.5 Å². The lowest BCUT2D eigenvalue weighted by molar-refractivity contribution is -0.0605. The molecule has 2 heterocycles. The number of morpholine rings is 1. The van der Waals surface area contributed by atoms with Gasteiger partial charge in [-0.25, -0.2) is 9.38 Å². The SMILES string of the molecule is C=CCNC(=NCc1nnc(C)n1C)N1CC(C)OC(c2ccc(F)cc2)C1. The van der Waals surface area contributed by atoms with Gasteiger partial charge in [-0.3, -0.25) is 0 Å². The first-order valence-electron chi connectivity index (χ1n) is 9.38. The van der Waals surface area contributed by atoms with Crippen molar-refractivity contribution in [1.82, 2.24) is 25.0 Å². The third kappa shape index (κ3) is 4.75. The molecule has 0 spiro atoms. The average Bonchev–Trinajstić information content (AvgIpc) is 3.00. The first-order valence-corrected chi connectivity index (χ1v) is 9.38. The van der Waals surface area contributed by atoms with Crippen LogP contribution in [0.25, 0.3) is 0 Å². The zero-order valence-corrected chi connectivity index (χ0v) is 16.6. The van der Waals surface area contributed by atoms with E-state index in [0.29, 0.717) is 26.2 Å². The van der Waals surface area contributed by atoms with Crippen molar-refractivity contribution in [3.8, 4) is 0 Å². The van der Waals surface area contributed by atoms with Crippen LogP contribution in [-0.4, -0.2) is 51.4 Å². The number of hydrogen-bond acceptors (Lipinski definition) is 4. The van der Waals surface area contributed by atoms with E-state index >= 15 is 0 Å². The van der Waals surface area contributed by atoms with Crippen molar-refractivity contribution >= 4 is 5.96 Å². The second kappa shape index (κ2) is 8.97. The van der Waals surface area contributed by atoms with Crippen LogP contribution in [0.15, 0.2) is 41.9 Å². The lowest BCUT2D eigenvalue weighted by Gasteiger charge is -2.38. The van der Waals surface area contributed by atoms with Crippen LogP contribution in [0.2, 0.25) is 0 Å². The minimum Gasteiger partial charge on any atom is -0.367 e. The highest BCUT2D eigenvalue weighted by atomic mass is 19.1. The first kappa shape index (κ1) is 20.0. The number of aliphatic imine (C=N–C) groups is 1. The molecule has 28 heavy (non-hydrogen) atoms. The summed E-state index contributed by atoms with van der Waals surface area (Å²) in [4.78, 5) is 6.91. The minimum atomic E-state index is -0.252. The fourth-order valence-corrected chi connectivity index (χ4v) is 3.15. The van der Waals surface area contributed by atoms with Crippen LogP contribution in [0.3, 0.4) is 0 Å². The molecule has 1 aliphatic heterocycles. The van der Waals surface area contributed by atoms with Crippen LogP contribution >= 0.6 is 0 Å². The molecule has 1 fully saturated rings. The van der Waals surface area contributed by atoms with Crippen LogP contribution in [0.4, 0.5) is 4.39 Å². The lowest BCUT2D eigenvalue weighted by Crippen LogP contribution is -2.50. The molecule has 0 bridgehead atoms. The van der Waals surface area contributed by atoms with Gasteiger partial charge in [-0.05, 0) is 31.5 Å². The number of ether oxygens (including phenoxy) is 1. The van der Waals surface area contributed by atoms with Gasteiger partial charge in [0.25, 0.3) is 0 Å². The number of hydrogen-bond donors (Lipinski definition) is 1. The second-order valence-corrected chi connectivity index (χ2v) is 6.92. The molecule has 2 atom stereocenters. The van der Waals surface area contributed by atoms with Crippen molar-refractivity contribution in [2.24, 2.45) is 12.0 Å². The molecule has 0 aliphatic carbocycles. The number of rotatable bonds is 5. The largest absolute Gasteiger partial charge is 0.367 e. The monoisotopic (exact) mass is 386 g/mol. The third-order valence-electron chi connectivity index (χ3n) is 4.76. The Morgan fingerprint density at radius 2 is 2.11 bits per heavy atom. The molecule has 1 aromatic carbocycles. The second-order valence-electron chi connectivity index (χ2n) is 6.92. The fraction of sp³-hybridized carbons (Fsp3) is 0.450. The van der Waals surface area contributed by atoms with Crippen molar-refractivity contribution in [2.45, 2.75) is 32.6 Å². The summed E-state index contributed by atoms with van der Waals surface area (Å²) in [6.07, 6.45) is 1.65. The molecule has 0 amide bonds. The maximum Gasteiger partial charge on any atom is 0.194 e. The van der Waals surface area contributed by atoms with Gasteiger partial charge in [0.15, 0.2) is 11.8 Å². The topological polar surface area (TPSA) is 67.6 Å². The fourth-order valence-electron chi connectivity index (χ4n) is 3.15. The highest BCUT2D eigenvalue weighted by molar-refractivity contribution is 5.80. The molecule has 2 unspecified atom stereocenters. The Labute approximate surface area is 164 Å². The molecule has 3 rings (SSSR count). The number of benzene rings is 1. The van der Waals surface area contributed by atoms with E-state index in [9.17, 15) is 4.39 Å². The van der Waals surface area contributed by atoms with Crippen LogP contribution in [0.1, 0.15) is 30.2 Å². The van der Waals surface area contributed by atoms with E-state index in [4.69, 9.17) is 9.73 Å². The zero-order chi connectivity index (χ0) is 20.1. The Kier molecular flexibility index (Phi) is 6.41. The molecule has 7 nitrogen and oxygen atoms in total. The van der Waals surface area contributed by atoms with Crippen LogP contribution < -0.4 is 5.32 Å². The van der Waals surface area contributed by atoms with Gasteiger partial charge in [-0.1, -0.05) is 18.2 Å². The molecule has 0 radical (unpaired) electrons. The number of aromatic nitrogens is 3. The predicted octanol–water partition coefficient (Wildman–Crippen LogP) is 2.36. The van der Waals surface area contributed by atoms with E-state index in [1.54, 1.807) is 18.2 Å². The van der Waals surface area contributed by atoms with Gasteiger partial charge in [0.05, 0.1) is 12.6 Å². The molecule has 8 heteroatoms. The van der Waals surface area contributed by atoms with Gasteiger partial charge in [0.1, 0.15) is 24.3 Å². The van der Waals surface area contributed by atoms with Gasteiger partial charge < -0.3 is 19.5 Å². The molecule has 1 saturated heterocycles. The van der Waals surface area contributed by atoms with Gasteiger partial charge >= 0.3 is 0 Å². The van der Waals surface area contributed by atoms with Crippen LogP contribution in [0.5, 0.6) is 0 Å². The number of guanidine groups is 1. The van der Waals surface area contributed by atoms with E-state index < -0.39 is 0 Å². The summed E-state index contributed by atoms with van der Waals surface area (Å²) in [5.74, 6) is 2.16. The van der Waals surface area contributed by atoms with E-state index in [1.165, 1.54) is 12.1 Å². The number of aryl methyl sites for hydroxylation is 1. The molecular formula is C20H27FN6O. The van der Waals surface area contributed by atoms with Crippen LogP contribution in [0, 0.1) is 12.7 Å². The summed E-state index contributed by atoms with van der Waals surface area (Å²) < 4.78 is 21.3. The smallest absolute Gasteiger partial charge is 0.194 e. The van der Waals surface area contributed by atoms with E-state index in [2.05, 4.69) is 27.0 Å². The zero-order valence-electron chi connectivity index (χ0n) is 16.6. The Balaban J connectivity index is 1.79. The van der Waals surface area contributed by atoms with Gasteiger partial charge in [0, 0.05) is 20.1 Å². The molecule has 1 N–H and O–H groups in total. The van der Waals surface area contributed by atoms with E-state index in [0.717, 1.165) is 23.2 Å². The van der Waals surface area contributed by atoms with Gasteiger partial charge in [-0.15, -0.1) is 16.8 Å². The highest BCUT2D eigenvalue weighted by Crippen LogP contribution is 2.25. The van der Waals surface area contributed by atoms with Crippen molar-refractivity contribution in [2.75, 3.05) is 19.6 Å². The van der Waals surface area contributed by atoms with Crippen molar-refractivity contribution in [3.63, 3.8) is 0 Å².